The third-order valence-electron chi connectivity index (χ3n) is 4.49. The molecule has 3 rings (SSSR count). The van der Waals surface area contributed by atoms with E-state index < -0.39 is 35.4 Å². The fourth-order valence-corrected chi connectivity index (χ4v) is 4.37. The fraction of sp³-hybridized carbons (Fsp3) is 0.217. The summed E-state index contributed by atoms with van der Waals surface area (Å²) in [5.74, 6) is -1.68. The summed E-state index contributed by atoms with van der Waals surface area (Å²) in [5.41, 5.74) is 0.847. The van der Waals surface area contributed by atoms with Crippen LogP contribution in [0.4, 0.5) is 14.9 Å². The Labute approximate surface area is 212 Å². The average Bonchev–Trinajstić information content (AvgIpc) is 3.07. The van der Waals surface area contributed by atoms with Crippen LogP contribution in [-0.2, 0) is 19.1 Å². The van der Waals surface area contributed by atoms with Crippen molar-refractivity contribution < 1.29 is 37.8 Å². The van der Waals surface area contributed by atoms with E-state index in [0.29, 0.717) is 27.5 Å². The Bertz CT molecular complexity index is 1190. The number of ether oxygens (including phenoxy) is 3. The van der Waals surface area contributed by atoms with Crippen LogP contribution in [0.15, 0.2) is 45.8 Å². The second kappa shape index (κ2) is 11.8. The molecule has 1 aliphatic rings. The third-order valence-corrected chi connectivity index (χ3v) is 5.99. The summed E-state index contributed by atoms with van der Waals surface area (Å²) in [5, 5.41) is 1.91. The molecule has 0 aromatic heterocycles. The summed E-state index contributed by atoms with van der Waals surface area (Å²) in [6.07, 6.45) is 1.48. The van der Waals surface area contributed by atoms with E-state index in [4.69, 9.17) is 14.2 Å². The van der Waals surface area contributed by atoms with Gasteiger partial charge in [0, 0.05) is 5.69 Å². The van der Waals surface area contributed by atoms with E-state index >= 15 is 0 Å². The Balaban J connectivity index is 1.72. The first-order valence-corrected chi connectivity index (χ1v) is 11.8. The van der Waals surface area contributed by atoms with Gasteiger partial charge in [0.25, 0.3) is 11.1 Å². The summed E-state index contributed by atoms with van der Waals surface area (Å²) in [4.78, 5) is 49.9. The van der Waals surface area contributed by atoms with E-state index in [1.807, 2.05) is 0 Å². The number of rotatable bonds is 9. The van der Waals surface area contributed by atoms with E-state index in [0.717, 1.165) is 4.90 Å². The first-order chi connectivity index (χ1) is 16.7. The van der Waals surface area contributed by atoms with E-state index in [2.05, 4.69) is 21.2 Å². The molecule has 1 fully saturated rings. The van der Waals surface area contributed by atoms with Crippen LogP contribution in [0, 0.1) is 5.82 Å². The number of thioether (sulfide) groups is 1. The van der Waals surface area contributed by atoms with Crippen molar-refractivity contribution in [3.8, 4) is 11.5 Å². The lowest BCUT2D eigenvalue weighted by atomic mass is 10.2. The summed E-state index contributed by atoms with van der Waals surface area (Å²) >= 11 is 4.04. The Morgan fingerprint density at radius 1 is 1.20 bits per heavy atom. The molecule has 0 bridgehead atoms. The number of halogens is 2. The molecule has 35 heavy (non-hydrogen) atoms. The SMILES string of the molecule is CCOC(=O)COc1c(Br)cc(/C=C2\SC(=O)N(CC(=O)Nc3ccc(F)cc3)C2=O)cc1OC. The van der Waals surface area contributed by atoms with Gasteiger partial charge in [0.1, 0.15) is 12.4 Å². The Kier molecular flexibility index (Phi) is 8.88. The summed E-state index contributed by atoms with van der Waals surface area (Å²) < 4.78 is 29.1. The average molecular weight is 567 g/mol. The van der Waals surface area contributed by atoms with Gasteiger partial charge in [-0.3, -0.25) is 19.3 Å². The zero-order chi connectivity index (χ0) is 25.5. The van der Waals surface area contributed by atoms with Crippen LogP contribution >= 0.6 is 27.7 Å². The van der Waals surface area contributed by atoms with Crippen LogP contribution < -0.4 is 14.8 Å². The minimum atomic E-state index is -0.632. The molecule has 3 amide bonds. The number of esters is 1. The van der Waals surface area contributed by atoms with Gasteiger partial charge in [0.05, 0.1) is 23.1 Å². The Morgan fingerprint density at radius 3 is 2.57 bits per heavy atom. The smallest absolute Gasteiger partial charge is 0.344 e. The van der Waals surface area contributed by atoms with Crippen molar-refractivity contribution in [3.05, 3.63) is 57.2 Å². The molecule has 0 aliphatic carbocycles. The molecule has 0 unspecified atom stereocenters. The molecule has 1 aliphatic heterocycles. The Hall–Kier alpha value is -3.38. The van der Waals surface area contributed by atoms with Gasteiger partial charge in [-0.1, -0.05) is 0 Å². The lowest BCUT2D eigenvalue weighted by Gasteiger charge is -2.13. The summed E-state index contributed by atoms with van der Waals surface area (Å²) in [7, 11) is 1.41. The molecule has 184 valence electrons. The minimum Gasteiger partial charge on any atom is -0.493 e. The van der Waals surface area contributed by atoms with Crippen LogP contribution in [0.5, 0.6) is 11.5 Å². The quantitative estimate of drug-likeness (QED) is 0.355. The van der Waals surface area contributed by atoms with Gasteiger partial charge in [-0.25, -0.2) is 9.18 Å². The van der Waals surface area contributed by atoms with Crippen molar-refractivity contribution in [2.24, 2.45) is 0 Å². The molecular weight excluding hydrogens is 547 g/mol. The number of imide groups is 1. The van der Waals surface area contributed by atoms with Crippen LogP contribution in [0.25, 0.3) is 6.08 Å². The molecule has 1 N–H and O–H groups in total. The lowest BCUT2D eigenvalue weighted by molar-refractivity contribution is -0.145. The normalized spacial score (nSPS) is 14.3. The van der Waals surface area contributed by atoms with Gasteiger partial charge in [-0.2, -0.15) is 0 Å². The van der Waals surface area contributed by atoms with Crippen molar-refractivity contribution in [1.82, 2.24) is 4.90 Å². The lowest BCUT2D eigenvalue weighted by Crippen LogP contribution is -2.36. The van der Waals surface area contributed by atoms with Gasteiger partial charge in [-0.15, -0.1) is 0 Å². The third kappa shape index (κ3) is 6.83. The maximum Gasteiger partial charge on any atom is 0.344 e. The zero-order valence-corrected chi connectivity index (χ0v) is 21.0. The number of nitrogens with one attached hydrogen (secondary N) is 1. The predicted molar refractivity (Wildman–Crippen MR) is 131 cm³/mol. The number of nitrogens with zero attached hydrogens (tertiary/aromatic N) is 1. The van der Waals surface area contributed by atoms with E-state index in [1.54, 1.807) is 19.1 Å². The largest absolute Gasteiger partial charge is 0.493 e. The highest BCUT2D eigenvalue weighted by molar-refractivity contribution is 9.10. The second-order valence-corrected chi connectivity index (χ2v) is 8.80. The number of carbonyl (C=O) groups is 4. The van der Waals surface area contributed by atoms with E-state index in [9.17, 15) is 23.6 Å². The molecule has 0 saturated carbocycles. The molecule has 1 heterocycles. The highest BCUT2D eigenvalue weighted by atomic mass is 79.9. The number of anilines is 1. The molecule has 0 spiro atoms. The van der Waals surface area contributed by atoms with Gasteiger partial charge in [0.2, 0.25) is 5.91 Å². The first-order valence-electron chi connectivity index (χ1n) is 10.2. The number of hydrogen-bond donors (Lipinski definition) is 1. The molecule has 2 aromatic rings. The van der Waals surface area contributed by atoms with Crippen LogP contribution in [0.3, 0.4) is 0 Å². The van der Waals surface area contributed by atoms with Gasteiger partial charge in [0.15, 0.2) is 18.1 Å². The van der Waals surface area contributed by atoms with Crippen LogP contribution in [0.1, 0.15) is 12.5 Å². The molecule has 1 saturated heterocycles. The van der Waals surface area contributed by atoms with Crippen LogP contribution in [-0.4, -0.2) is 54.8 Å². The Morgan fingerprint density at radius 2 is 1.91 bits per heavy atom. The summed E-state index contributed by atoms with van der Waals surface area (Å²) in [6.45, 7) is 1.10. The standard InChI is InChI=1S/C23H20BrFN2O7S/c1-3-33-20(29)12-34-21-16(24)8-13(9-17(21)32-2)10-18-22(30)27(23(31)35-18)11-19(28)26-15-6-4-14(25)5-7-15/h4-10H,3,11-12H2,1-2H3,(H,26,28)/b18-10-. The zero-order valence-electron chi connectivity index (χ0n) is 18.6. The highest BCUT2D eigenvalue weighted by Crippen LogP contribution is 2.39. The topological polar surface area (TPSA) is 111 Å². The predicted octanol–water partition coefficient (Wildman–Crippen LogP) is 4.21. The molecule has 2 aromatic carbocycles. The number of amides is 3. The van der Waals surface area contributed by atoms with Crippen molar-refractivity contribution in [3.63, 3.8) is 0 Å². The van der Waals surface area contributed by atoms with Crippen molar-refractivity contribution in [1.29, 1.82) is 0 Å². The number of benzene rings is 2. The monoisotopic (exact) mass is 566 g/mol. The van der Waals surface area contributed by atoms with Crippen LogP contribution in [0.2, 0.25) is 0 Å². The number of carbonyl (C=O) groups excluding carboxylic acids is 4. The molecule has 0 atom stereocenters. The van der Waals surface area contributed by atoms with Crippen molar-refractivity contribution in [2.75, 3.05) is 32.2 Å². The number of hydrogen-bond acceptors (Lipinski definition) is 8. The maximum absolute atomic E-state index is 13.0. The molecule has 9 nitrogen and oxygen atoms in total. The van der Waals surface area contributed by atoms with Crippen molar-refractivity contribution >= 4 is 62.5 Å². The van der Waals surface area contributed by atoms with Gasteiger partial charge in [-0.05, 0) is 82.7 Å². The highest BCUT2D eigenvalue weighted by Gasteiger charge is 2.36. The number of methoxy groups -OCH3 is 1. The minimum absolute atomic E-state index is 0.110. The summed E-state index contributed by atoms with van der Waals surface area (Å²) in [6, 6.07) is 8.29. The second-order valence-electron chi connectivity index (χ2n) is 6.95. The first kappa shape index (κ1) is 26.2. The molecular formula is C23H20BrFN2O7S. The van der Waals surface area contributed by atoms with Crippen molar-refractivity contribution in [2.45, 2.75) is 6.92 Å². The van der Waals surface area contributed by atoms with E-state index in [-0.39, 0.29) is 29.6 Å². The fourth-order valence-electron chi connectivity index (χ4n) is 2.96. The van der Waals surface area contributed by atoms with Gasteiger partial charge >= 0.3 is 5.97 Å². The molecule has 12 heteroatoms. The van der Waals surface area contributed by atoms with Gasteiger partial charge < -0.3 is 19.5 Å². The maximum atomic E-state index is 13.0. The van der Waals surface area contributed by atoms with E-state index in [1.165, 1.54) is 37.5 Å². The molecule has 0 radical (unpaired) electrons.